The Labute approximate surface area is 92.1 Å². The van der Waals surface area contributed by atoms with Crippen LogP contribution in [0.1, 0.15) is 38.3 Å². The molecule has 0 aromatic carbocycles. The van der Waals surface area contributed by atoms with Crippen molar-refractivity contribution in [1.29, 1.82) is 0 Å². The maximum Gasteiger partial charge on any atom is 0.0358 e. The highest BCUT2D eigenvalue weighted by Crippen LogP contribution is 2.29. The molecule has 1 unspecified atom stereocenters. The molecule has 2 heteroatoms. The normalized spacial score (nSPS) is 18.1. The number of pyridine rings is 1. The Morgan fingerprint density at radius 2 is 2.27 bits per heavy atom. The molecule has 1 saturated carbocycles. The monoisotopic (exact) mass is 204 g/mol. The van der Waals surface area contributed by atoms with Crippen LogP contribution < -0.4 is 5.32 Å². The fraction of sp³-hybridized carbons (Fsp3) is 0.615. The fourth-order valence-electron chi connectivity index (χ4n) is 1.91. The molecule has 1 aromatic heterocycles. The zero-order valence-electron chi connectivity index (χ0n) is 9.61. The lowest BCUT2D eigenvalue weighted by atomic mass is 9.97. The fourth-order valence-corrected chi connectivity index (χ4v) is 1.91. The van der Waals surface area contributed by atoms with E-state index in [1.165, 1.54) is 18.4 Å². The van der Waals surface area contributed by atoms with E-state index < -0.39 is 0 Å². The second-order valence-electron chi connectivity index (χ2n) is 4.86. The van der Waals surface area contributed by atoms with E-state index in [0.29, 0.717) is 12.0 Å². The average Bonchev–Trinajstić information content (AvgIpc) is 3.03. The molecule has 82 valence electrons. The minimum atomic E-state index is 0.458. The number of hydrogen-bond donors (Lipinski definition) is 1. The minimum absolute atomic E-state index is 0.458. The Morgan fingerprint density at radius 3 is 2.80 bits per heavy atom. The van der Waals surface area contributed by atoms with Crippen LogP contribution in [-0.4, -0.2) is 11.5 Å². The quantitative estimate of drug-likeness (QED) is 0.797. The predicted octanol–water partition coefficient (Wildman–Crippen LogP) is 2.78. The molecule has 2 nitrogen and oxygen atoms in total. The Kier molecular flexibility index (Phi) is 3.37. The topological polar surface area (TPSA) is 24.9 Å². The summed E-state index contributed by atoms with van der Waals surface area (Å²) in [4.78, 5) is 4.19. The van der Waals surface area contributed by atoms with Gasteiger partial charge in [0.2, 0.25) is 0 Å². The average molecular weight is 204 g/mol. The van der Waals surface area contributed by atoms with Crippen LogP contribution >= 0.6 is 0 Å². The van der Waals surface area contributed by atoms with Gasteiger partial charge in [-0.25, -0.2) is 0 Å². The summed E-state index contributed by atoms with van der Waals surface area (Å²) in [7, 11) is 0. The standard InChI is InChI=1S/C13H20N2/c1-10(2)13(15-8-11-5-6-11)12-4-3-7-14-9-12/h3-4,7,9-11,13,15H,5-6,8H2,1-2H3. The Balaban J connectivity index is 1.98. The van der Waals surface area contributed by atoms with Crippen LogP contribution in [0, 0.1) is 11.8 Å². The minimum Gasteiger partial charge on any atom is -0.309 e. The molecule has 0 amide bonds. The summed E-state index contributed by atoms with van der Waals surface area (Å²) in [6.45, 7) is 5.69. The molecule has 1 N–H and O–H groups in total. The highest BCUT2D eigenvalue weighted by molar-refractivity contribution is 5.14. The lowest BCUT2D eigenvalue weighted by molar-refractivity contribution is 0.404. The van der Waals surface area contributed by atoms with Gasteiger partial charge >= 0.3 is 0 Å². The summed E-state index contributed by atoms with van der Waals surface area (Å²) in [5, 5.41) is 3.66. The van der Waals surface area contributed by atoms with Crippen LogP contribution in [0.5, 0.6) is 0 Å². The molecular formula is C13H20N2. The zero-order chi connectivity index (χ0) is 10.7. The van der Waals surface area contributed by atoms with Crippen LogP contribution in [-0.2, 0) is 0 Å². The molecule has 1 atom stereocenters. The van der Waals surface area contributed by atoms with Gasteiger partial charge in [-0.3, -0.25) is 4.98 Å². The highest BCUT2D eigenvalue weighted by Gasteiger charge is 2.23. The highest BCUT2D eigenvalue weighted by atomic mass is 14.9. The van der Waals surface area contributed by atoms with Crippen molar-refractivity contribution >= 4 is 0 Å². The third-order valence-electron chi connectivity index (χ3n) is 3.03. The number of nitrogens with one attached hydrogen (secondary N) is 1. The van der Waals surface area contributed by atoms with E-state index in [0.717, 1.165) is 12.5 Å². The van der Waals surface area contributed by atoms with Crippen LogP contribution in [0.25, 0.3) is 0 Å². The number of hydrogen-bond acceptors (Lipinski definition) is 2. The second-order valence-corrected chi connectivity index (χ2v) is 4.86. The van der Waals surface area contributed by atoms with Crippen LogP contribution in [0.4, 0.5) is 0 Å². The van der Waals surface area contributed by atoms with Crippen molar-refractivity contribution in [1.82, 2.24) is 10.3 Å². The summed E-state index contributed by atoms with van der Waals surface area (Å²) in [6.07, 6.45) is 6.63. The largest absolute Gasteiger partial charge is 0.309 e. The molecule has 0 radical (unpaired) electrons. The van der Waals surface area contributed by atoms with Crippen molar-refractivity contribution in [3.05, 3.63) is 30.1 Å². The second kappa shape index (κ2) is 4.75. The van der Waals surface area contributed by atoms with E-state index in [1.54, 1.807) is 0 Å². The van der Waals surface area contributed by atoms with E-state index in [4.69, 9.17) is 0 Å². The summed E-state index contributed by atoms with van der Waals surface area (Å²) >= 11 is 0. The molecule has 1 heterocycles. The van der Waals surface area contributed by atoms with Crippen LogP contribution in [0.15, 0.2) is 24.5 Å². The molecule has 1 aromatic rings. The van der Waals surface area contributed by atoms with Gasteiger partial charge in [-0.15, -0.1) is 0 Å². The number of rotatable bonds is 5. The van der Waals surface area contributed by atoms with Crippen LogP contribution in [0.3, 0.4) is 0 Å². The molecule has 0 saturated heterocycles. The van der Waals surface area contributed by atoms with Gasteiger partial charge in [0.25, 0.3) is 0 Å². The lowest BCUT2D eigenvalue weighted by Crippen LogP contribution is -2.27. The third kappa shape index (κ3) is 3.03. The maximum atomic E-state index is 4.19. The molecule has 15 heavy (non-hydrogen) atoms. The van der Waals surface area contributed by atoms with Crippen molar-refractivity contribution in [2.45, 2.75) is 32.7 Å². The first-order valence-corrected chi connectivity index (χ1v) is 5.90. The van der Waals surface area contributed by atoms with Crippen molar-refractivity contribution in [3.8, 4) is 0 Å². The van der Waals surface area contributed by atoms with Gasteiger partial charge in [-0.1, -0.05) is 19.9 Å². The first-order valence-electron chi connectivity index (χ1n) is 5.90. The summed E-state index contributed by atoms with van der Waals surface area (Å²) in [6, 6.07) is 4.64. The van der Waals surface area contributed by atoms with E-state index >= 15 is 0 Å². The van der Waals surface area contributed by atoms with Gasteiger partial charge in [0.1, 0.15) is 0 Å². The summed E-state index contributed by atoms with van der Waals surface area (Å²) in [5.41, 5.74) is 1.31. The van der Waals surface area contributed by atoms with Gasteiger partial charge < -0.3 is 5.32 Å². The van der Waals surface area contributed by atoms with Crippen molar-refractivity contribution in [2.75, 3.05) is 6.54 Å². The summed E-state index contributed by atoms with van der Waals surface area (Å²) < 4.78 is 0. The predicted molar refractivity (Wildman–Crippen MR) is 62.5 cm³/mol. The Hall–Kier alpha value is -0.890. The Morgan fingerprint density at radius 1 is 1.47 bits per heavy atom. The first kappa shape index (κ1) is 10.6. The molecule has 0 bridgehead atoms. The van der Waals surface area contributed by atoms with Gasteiger partial charge in [-0.2, -0.15) is 0 Å². The van der Waals surface area contributed by atoms with Crippen molar-refractivity contribution < 1.29 is 0 Å². The van der Waals surface area contributed by atoms with Crippen molar-refractivity contribution in [2.24, 2.45) is 11.8 Å². The van der Waals surface area contributed by atoms with Gasteiger partial charge in [0.15, 0.2) is 0 Å². The molecule has 1 aliphatic rings. The van der Waals surface area contributed by atoms with E-state index in [2.05, 4.69) is 30.2 Å². The number of nitrogens with zero attached hydrogens (tertiary/aromatic N) is 1. The number of aromatic nitrogens is 1. The summed E-state index contributed by atoms with van der Waals surface area (Å²) in [5.74, 6) is 1.55. The van der Waals surface area contributed by atoms with Gasteiger partial charge in [-0.05, 0) is 42.9 Å². The van der Waals surface area contributed by atoms with E-state index in [1.807, 2.05) is 18.5 Å². The SMILES string of the molecule is CC(C)C(NCC1CC1)c1cccnc1. The molecular weight excluding hydrogens is 184 g/mol. The smallest absolute Gasteiger partial charge is 0.0358 e. The van der Waals surface area contributed by atoms with Crippen LogP contribution in [0.2, 0.25) is 0 Å². The van der Waals surface area contributed by atoms with E-state index in [-0.39, 0.29) is 0 Å². The molecule has 1 aliphatic carbocycles. The molecule has 0 spiro atoms. The van der Waals surface area contributed by atoms with E-state index in [9.17, 15) is 0 Å². The molecule has 1 fully saturated rings. The van der Waals surface area contributed by atoms with Gasteiger partial charge in [0, 0.05) is 18.4 Å². The zero-order valence-corrected chi connectivity index (χ0v) is 9.61. The molecule has 2 rings (SSSR count). The third-order valence-corrected chi connectivity index (χ3v) is 3.03. The lowest BCUT2D eigenvalue weighted by Gasteiger charge is -2.22. The maximum absolute atomic E-state index is 4.19. The Bertz CT molecular complexity index is 291. The van der Waals surface area contributed by atoms with Gasteiger partial charge in [0.05, 0.1) is 0 Å². The molecule has 0 aliphatic heterocycles. The first-order chi connectivity index (χ1) is 7.27. The van der Waals surface area contributed by atoms with Crippen molar-refractivity contribution in [3.63, 3.8) is 0 Å².